The Balaban J connectivity index is 1.13. The number of rotatable bonds is 13. The molecule has 3 heterocycles. The molecule has 0 unspecified atom stereocenters. The second-order valence-electron chi connectivity index (χ2n) is 15.9. The lowest BCUT2D eigenvalue weighted by Crippen LogP contribution is -2.59. The van der Waals surface area contributed by atoms with Gasteiger partial charge >= 0.3 is 5.97 Å². The van der Waals surface area contributed by atoms with Crippen molar-refractivity contribution < 1.29 is 77.0 Å². The van der Waals surface area contributed by atoms with Crippen molar-refractivity contribution in [2.75, 3.05) is 28.1 Å². The van der Waals surface area contributed by atoms with Crippen molar-refractivity contribution in [1.82, 2.24) is 0 Å². The molecule has 57 heavy (non-hydrogen) atoms. The predicted molar refractivity (Wildman–Crippen MR) is 201 cm³/mol. The zero-order chi connectivity index (χ0) is 41.3. The lowest BCUT2D eigenvalue weighted by molar-refractivity contribution is -0.334. The van der Waals surface area contributed by atoms with E-state index in [1.807, 2.05) is 12.1 Å². The Kier molecular flexibility index (Phi) is 13.7. The summed E-state index contributed by atoms with van der Waals surface area (Å²) in [5.74, 6) is 0.274. The van der Waals surface area contributed by atoms with Crippen molar-refractivity contribution >= 4 is 22.5 Å². The highest BCUT2D eigenvalue weighted by atomic mass is 16.7. The molecule has 1 aliphatic carbocycles. The summed E-state index contributed by atoms with van der Waals surface area (Å²) in [6.07, 6.45) is -9.38. The first kappa shape index (κ1) is 43.4. The van der Waals surface area contributed by atoms with Crippen LogP contribution in [0.4, 0.5) is 0 Å². The number of ether oxygens (including phenoxy) is 11. The van der Waals surface area contributed by atoms with E-state index in [0.717, 1.165) is 10.9 Å². The number of carbonyl (C=O) groups is 2. The van der Waals surface area contributed by atoms with Gasteiger partial charge in [0.15, 0.2) is 37.6 Å². The number of aliphatic hydroxyl groups is 3. The van der Waals surface area contributed by atoms with Crippen molar-refractivity contribution in [1.29, 1.82) is 0 Å². The molecule has 16 heteroatoms. The summed E-state index contributed by atoms with van der Waals surface area (Å²) in [6, 6.07) is 5.51. The van der Waals surface area contributed by atoms with Gasteiger partial charge in [-0.05, 0) is 63.6 Å². The number of esters is 1. The Bertz CT molecular complexity index is 1730. The molecule has 0 amide bonds. The van der Waals surface area contributed by atoms with E-state index < -0.39 is 85.4 Å². The molecule has 2 aromatic carbocycles. The maximum Gasteiger partial charge on any atom is 0.308 e. The molecule has 0 spiro atoms. The second-order valence-corrected chi connectivity index (χ2v) is 15.9. The van der Waals surface area contributed by atoms with Crippen molar-refractivity contribution in [3.63, 3.8) is 0 Å². The van der Waals surface area contributed by atoms with Crippen LogP contribution in [0.1, 0.15) is 83.1 Å². The number of carbonyl (C=O) groups excluding carboxylic acids is 2. The summed E-state index contributed by atoms with van der Waals surface area (Å²) in [4.78, 5) is 26.5. The van der Waals surface area contributed by atoms with Crippen LogP contribution in [-0.2, 0) is 49.1 Å². The smallest absolute Gasteiger partial charge is 0.308 e. The van der Waals surface area contributed by atoms with Gasteiger partial charge in [-0.15, -0.1) is 0 Å². The number of hydrogen-bond donors (Lipinski definition) is 3. The average molecular weight is 807 g/mol. The largest absolute Gasteiger partial charge is 0.497 e. The van der Waals surface area contributed by atoms with Crippen LogP contribution in [0.2, 0.25) is 0 Å². The minimum Gasteiger partial charge on any atom is -0.497 e. The fourth-order valence-electron chi connectivity index (χ4n) is 8.15. The van der Waals surface area contributed by atoms with Gasteiger partial charge in [-0.2, -0.15) is 0 Å². The van der Waals surface area contributed by atoms with Crippen molar-refractivity contribution in [2.45, 2.75) is 153 Å². The maximum atomic E-state index is 14.2. The maximum absolute atomic E-state index is 14.2. The van der Waals surface area contributed by atoms with Crippen LogP contribution in [0, 0.1) is 5.92 Å². The number of methoxy groups -OCH3 is 3. The fraction of sp³-hybridized carbons (Fsp3) is 0.707. The van der Waals surface area contributed by atoms with Crippen LogP contribution in [-0.4, -0.2) is 135 Å². The van der Waals surface area contributed by atoms with Gasteiger partial charge in [-0.25, -0.2) is 0 Å². The molecule has 4 aliphatic rings. The molecule has 0 aromatic heterocycles. The Morgan fingerprint density at radius 1 is 0.877 bits per heavy atom. The van der Waals surface area contributed by atoms with E-state index in [-0.39, 0.29) is 37.8 Å². The summed E-state index contributed by atoms with van der Waals surface area (Å²) < 4.78 is 64.9. The van der Waals surface area contributed by atoms with Crippen LogP contribution < -0.4 is 14.2 Å². The standard InChI is InChI=1S/C41H58O16/c1-19(2)40(45)57-39-22(5)53-32(17-41(39,6)46)56-29-16-31(52-21(4)36(29)43)55-28-15-30(51-20(3)35(28)42)54-26-11-10-23-12-24-13-25(48-8)14-27(50-18-47-7)33(24)38(49-9)34(23)37(26)44/h12-14,19-22,26,28-32,35-36,39,42-43,46H,10-11,15-18H2,1-9H3/t20-,21-,22+,26+,28-,29-,30+,31+,32+,35-,36-,39+,41+/m1/s1. The fourth-order valence-corrected chi connectivity index (χ4v) is 8.15. The van der Waals surface area contributed by atoms with Gasteiger partial charge in [0.1, 0.15) is 41.2 Å². The molecule has 318 valence electrons. The minimum atomic E-state index is -1.46. The van der Waals surface area contributed by atoms with Gasteiger partial charge in [-0.1, -0.05) is 13.8 Å². The van der Waals surface area contributed by atoms with E-state index in [0.29, 0.717) is 41.0 Å². The first-order chi connectivity index (χ1) is 27.0. The number of aryl methyl sites for hydroxylation is 1. The first-order valence-electron chi connectivity index (χ1n) is 19.6. The van der Waals surface area contributed by atoms with Crippen molar-refractivity contribution in [3.8, 4) is 17.2 Å². The van der Waals surface area contributed by atoms with E-state index >= 15 is 0 Å². The number of Topliss-reactive ketones (excluding diaryl/α,β-unsaturated/α-hetero) is 1. The third kappa shape index (κ3) is 9.35. The lowest BCUT2D eigenvalue weighted by Gasteiger charge is -2.46. The molecule has 3 aliphatic heterocycles. The normalized spacial score (nSPS) is 35.8. The predicted octanol–water partition coefficient (Wildman–Crippen LogP) is 3.57. The van der Waals surface area contributed by atoms with Gasteiger partial charge in [0.2, 0.25) is 0 Å². The number of ketones is 1. The molecule has 6 rings (SSSR count). The Morgan fingerprint density at radius 3 is 2.07 bits per heavy atom. The molecule has 0 radical (unpaired) electrons. The Hall–Kier alpha value is -3.16. The Morgan fingerprint density at radius 2 is 1.49 bits per heavy atom. The van der Waals surface area contributed by atoms with Gasteiger partial charge in [-0.3, -0.25) is 9.59 Å². The van der Waals surface area contributed by atoms with Gasteiger partial charge in [0, 0.05) is 32.4 Å². The van der Waals surface area contributed by atoms with Crippen LogP contribution in [0.15, 0.2) is 18.2 Å². The lowest BCUT2D eigenvalue weighted by atomic mass is 9.85. The second kappa shape index (κ2) is 18.0. The molecule has 3 saturated heterocycles. The van der Waals surface area contributed by atoms with E-state index in [4.69, 9.17) is 52.1 Å². The highest BCUT2D eigenvalue weighted by Gasteiger charge is 2.50. The van der Waals surface area contributed by atoms with Gasteiger partial charge in [0.25, 0.3) is 0 Å². The van der Waals surface area contributed by atoms with Crippen molar-refractivity contribution in [3.05, 3.63) is 29.3 Å². The quantitative estimate of drug-likeness (QED) is 0.196. The molecule has 3 fully saturated rings. The van der Waals surface area contributed by atoms with Crippen LogP contribution >= 0.6 is 0 Å². The van der Waals surface area contributed by atoms with E-state index in [1.54, 1.807) is 54.7 Å². The van der Waals surface area contributed by atoms with Gasteiger partial charge in [0.05, 0.1) is 61.6 Å². The summed E-state index contributed by atoms with van der Waals surface area (Å²) in [6.45, 7) is 10.0. The average Bonchev–Trinajstić information content (AvgIpc) is 3.15. The highest BCUT2D eigenvalue weighted by molar-refractivity contribution is 6.10. The molecule has 2 aromatic rings. The van der Waals surface area contributed by atoms with Crippen LogP contribution in [0.25, 0.3) is 10.8 Å². The van der Waals surface area contributed by atoms with Crippen LogP contribution in [0.5, 0.6) is 17.2 Å². The molecular formula is C41H58O16. The summed E-state index contributed by atoms with van der Waals surface area (Å²) in [5, 5.41) is 34.9. The summed E-state index contributed by atoms with van der Waals surface area (Å²) in [5.41, 5.74) is -0.263. The third-order valence-corrected chi connectivity index (χ3v) is 11.2. The topological polar surface area (TPSA) is 196 Å². The van der Waals surface area contributed by atoms with E-state index in [9.17, 15) is 24.9 Å². The zero-order valence-corrected chi connectivity index (χ0v) is 34.1. The number of hydrogen-bond acceptors (Lipinski definition) is 16. The van der Waals surface area contributed by atoms with E-state index in [2.05, 4.69) is 0 Å². The SMILES string of the molecule is COCOc1cc(OC)cc2cc3c(c(OC)c12)C(=O)[C@@H](O[C@H]1C[C@@H](O[C@H]2C[C@@H](O[C@H]4C[C@](C)(O)[C@@H](OC(=O)C(C)C)[C@H](C)O4)[C@H](O)[C@@H](C)O2)[C@H](O)[C@@H](C)O1)CC3. The molecule has 0 bridgehead atoms. The number of benzene rings is 2. The van der Waals surface area contributed by atoms with E-state index in [1.165, 1.54) is 14.2 Å². The molecular weight excluding hydrogens is 748 g/mol. The molecule has 0 saturated carbocycles. The molecule has 16 nitrogen and oxygen atoms in total. The number of aliphatic hydroxyl groups excluding tert-OH is 2. The molecule has 3 N–H and O–H groups in total. The number of fused-ring (bicyclic) bond motifs is 2. The zero-order valence-electron chi connectivity index (χ0n) is 34.1. The third-order valence-electron chi connectivity index (χ3n) is 11.2. The Labute approximate surface area is 332 Å². The monoisotopic (exact) mass is 806 g/mol. The minimum absolute atomic E-state index is 0.0173. The van der Waals surface area contributed by atoms with Crippen molar-refractivity contribution in [2.24, 2.45) is 5.92 Å². The van der Waals surface area contributed by atoms with Crippen LogP contribution in [0.3, 0.4) is 0 Å². The molecule has 13 atom stereocenters. The summed E-state index contributed by atoms with van der Waals surface area (Å²) in [7, 11) is 4.58. The first-order valence-corrected chi connectivity index (χ1v) is 19.6. The van der Waals surface area contributed by atoms with Gasteiger partial charge < -0.3 is 67.4 Å². The summed E-state index contributed by atoms with van der Waals surface area (Å²) >= 11 is 0. The highest BCUT2D eigenvalue weighted by Crippen LogP contribution is 2.44.